The summed E-state index contributed by atoms with van der Waals surface area (Å²) in [7, 11) is 1.79. The number of aromatic amines is 1. The van der Waals surface area contributed by atoms with E-state index in [-0.39, 0.29) is 17.9 Å². The average Bonchev–Trinajstić information content (AvgIpc) is 3.73. The maximum Gasteiger partial charge on any atom is 0.437 e. The van der Waals surface area contributed by atoms with E-state index in [1.807, 2.05) is 13.8 Å². The second kappa shape index (κ2) is 11.9. The van der Waals surface area contributed by atoms with E-state index in [1.165, 1.54) is 17.7 Å². The maximum absolute atomic E-state index is 13.2. The van der Waals surface area contributed by atoms with Crippen LogP contribution in [0.1, 0.15) is 56.2 Å². The van der Waals surface area contributed by atoms with Crippen LogP contribution in [0.3, 0.4) is 0 Å². The third-order valence-corrected chi connectivity index (χ3v) is 7.11. The van der Waals surface area contributed by atoms with E-state index in [9.17, 15) is 9.18 Å². The Morgan fingerprint density at radius 3 is 2.63 bits per heavy atom. The standard InChI is InChI=1S/C29H36FN9O2/c1-8-20-21(11-12-25-33-15-24(35-25)23(10-3)32-13-18(6)30)26(36-22(20)9-2)29(31,19-14-34-38(7)16-19)27-37-39(17(4)5)28(40)41-27/h8-10,13-17,21,26,36H,1-3,11-12,31H2,4-7H3,(H,33,35)/b18-13+,32-23?. The predicted octanol–water partition coefficient (Wildman–Crippen LogP) is 3.73. The fourth-order valence-corrected chi connectivity index (χ4v) is 5.08. The van der Waals surface area contributed by atoms with E-state index in [1.54, 1.807) is 42.5 Å². The fourth-order valence-electron chi connectivity index (χ4n) is 5.08. The van der Waals surface area contributed by atoms with Crippen molar-refractivity contribution in [3.63, 3.8) is 0 Å². The molecule has 41 heavy (non-hydrogen) atoms. The van der Waals surface area contributed by atoms with Gasteiger partial charge < -0.3 is 20.5 Å². The highest BCUT2D eigenvalue weighted by Crippen LogP contribution is 2.42. The van der Waals surface area contributed by atoms with Gasteiger partial charge >= 0.3 is 5.76 Å². The van der Waals surface area contributed by atoms with Gasteiger partial charge in [-0.2, -0.15) is 9.78 Å². The van der Waals surface area contributed by atoms with E-state index in [4.69, 9.17) is 10.2 Å². The van der Waals surface area contributed by atoms with Crippen LogP contribution in [0.25, 0.3) is 0 Å². The molecule has 0 aromatic carbocycles. The van der Waals surface area contributed by atoms with Crippen molar-refractivity contribution in [2.45, 2.75) is 51.2 Å². The molecule has 4 N–H and O–H groups in total. The molecule has 3 unspecified atom stereocenters. The second-order valence-electron chi connectivity index (χ2n) is 10.2. The Morgan fingerprint density at radius 1 is 1.32 bits per heavy atom. The number of hydrogen-bond acceptors (Lipinski definition) is 8. The summed E-state index contributed by atoms with van der Waals surface area (Å²) in [6, 6.07) is -0.735. The van der Waals surface area contributed by atoms with E-state index >= 15 is 0 Å². The molecule has 0 radical (unpaired) electrons. The van der Waals surface area contributed by atoms with Gasteiger partial charge in [0.15, 0.2) is 0 Å². The van der Waals surface area contributed by atoms with Crippen molar-refractivity contribution in [1.29, 1.82) is 0 Å². The highest BCUT2D eigenvalue weighted by Gasteiger charge is 2.51. The predicted molar refractivity (Wildman–Crippen MR) is 156 cm³/mol. The zero-order valence-corrected chi connectivity index (χ0v) is 23.8. The number of allylic oxidation sites excluding steroid dienone is 4. The molecule has 0 spiro atoms. The van der Waals surface area contributed by atoms with Gasteiger partial charge in [-0.25, -0.2) is 14.2 Å². The minimum Gasteiger partial charge on any atom is -0.390 e. The Hall–Kier alpha value is -4.58. The third kappa shape index (κ3) is 5.68. The number of nitrogens with one attached hydrogen (secondary N) is 2. The van der Waals surface area contributed by atoms with Crippen molar-refractivity contribution < 1.29 is 8.81 Å². The molecule has 0 saturated carbocycles. The topological polar surface area (TPSA) is 145 Å². The van der Waals surface area contributed by atoms with Gasteiger partial charge in [0.1, 0.15) is 17.2 Å². The van der Waals surface area contributed by atoms with Crippen molar-refractivity contribution in [1.82, 2.24) is 34.8 Å². The Morgan fingerprint density at radius 2 is 2.07 bits per heavy atom. The minimum atomic E-state index is -1.38. The summed E-state index contributed by atoms with van der Waals surface area (Å²) < 4.78 is 21.8. The molecule has 216 valence electrons. The first-order valence-electron chi connectivity index (χ1n) is 13.2. The van der Waals surface area contributed by atoms with E-state index in [2.05, 4.69) is 50.2 Å². The molecule has 0 aliphatic carbocycles. The van der Waals surface area contributed by atoms with Gasteiger partial charge in [-0.3, -0.25) is 9.67 Å². The fraction of sp³-hybridized carbons (Fsp3) is 0.345. The molecule has 0 fully saturated rings. The molecule has 0 saturated heterocycles. The lowest BCUT2D eigenvalue weighted by molar-refractivity contribution is 0.254. The molecule has 4 rings (SSSR count). The Bertz CT molecular complexity index is 1600. The number of H-pyrrole nitrogens is 1. The van der Waals surface area contributed by atoms with Crippen molar-refractivity contribution in [3.8, 4) is 0 Å². The minimum absolute atomic E-state index is 0.0729. The number of nitrogens with two attached hydrogens (primary N) is 1. The largest absolute Gasteiger partial charge is 0.437 e. The zero-order valence-electron chi connectivity index (χ0n) is 23.8. The smallest absolute Gasteiger partial charge is 0.390 e. The molecule has 0 bridgehead atoms. The van der Waals surface area contributed by atoms with Crippen LogP contribution < -0.4 is 16.8 Å². The third-order valence-electron chi connectivity index (χ3n) is 7.11. The lowest BCUT2D eigenvalue weighted by Gasteiger charge is -2.36. The summed E-state index contributed by atoms with van der Waals surface area (Å²) in [5.74, 6) is -0.449. The molecule has 1 aliphatic heterocycles. The van der Waals surface area contributed by atoms with Crippen LogP contribution in [-0.2, 0) is 19.0 Å². The molecule has 12 heteroatoms. The first-order chi connectivity index (χ1) is 19.5. The Kier molecular flexibility index (Phi) is 8.52. The summed E-state index contributed by atoms with van der Waals surface area (Å²) in [6.45, 7) is 16.8. The van der Waals surface area contributed by atoms with Crippen LogP contribution in [0.5, 0.6) is 0 Å². The summed E-state index contributed by atoms with van der Waals surface area (Å²) in [5.41, 5.74) is 9.26. The van der Waals surface area contributed by atoms with Gasteiger partial charge in [0.2, 0.25) is 5.89 Å². The van der Waals surface area contributed by atoms with Gasteiger partial charge in [0.25, 0.3) is 0 Å². The molecule has 3 aromatic rings. The second-order valence-corrected chi connectivity index (χ2v) is 10.2. The number of imidazole rings is 1. The highest BCUT2D eigenvalue weighted by molar-refractivity contribution is 6.07. The van der Waals surface area contributed by atoms with Gasteiger partial charge in [-0.15, -0.1) is 5.10 Å². The highest BCUT2D eigenvalue weighted by atomic mass is 19.1. The quantitative estimate of drug-likeness (QED) is 0.286. The maximum atomic E-state index is 13.2. The summed E-state index contributed by atoms with van der Waals surface area (Å²) >= 11 is 0. The monoisotopic (exact) mass is 561 g/mol. The molecule has 1 aliphatic rings. The molecular formula is C29H36FN9O2. The molecule has 0 amide bonds. The number of aryl methyl sites for hydroxylation is 2. The normalized spacial score (nSPS) is 19.4. The first-order valence-corrected chi connectivity index (χ1v) is 13.2. The number of rotatable bonds is 12. The van der Waals surface area contributed by atoms with Crippen molar-refractivity contribution in [3.05, 3.63) is 113 Å². The Balaban J connectivity index is 1.74. The summed E-state index contributed by atoms with van der Waals surface area (Å²) in [6.07, 6.45) is 12.3. The molecular weight excluding hydrogens is 525 g/mol. The van der Waals surface area contributed by atoms with Crippen LogP contribution in [-0.4, -0.2) is 41.3 Å². The SMILES string of the molecule is C=CC(=N/C=C(\C)F)c1cnc(CCC2C(C=C)=C(C=C)NC2C(N)(c2cnn(C)c2)c2nn(C(C)C)c(=O)o2)[nH]1. The van der Waals surface area contributed by atoms with Gasteiger partial charge in [-0.1, -0.05) is 25.8 Å². The van der Waals surface area contributed by atoms with E-state index in [0.717, 1.165) is 17.5 Å². The molecule has 11 nitrogen and oxygen atoms in total. The van der Waals surface area contributed by atoms with Crippen LogP contribution >= 0.6 is 0 Å². The van der Waals surface area contributed by atoms with Crippen LogP contribution in [0.4, 0.5) is 4.39 Å². The van der Waals surface area contributed by atoms with Gasteiger partial charge in [-0.05, 0) is 44.9 Å². The van der Waals surface area contributed by atoms with Crippen molar-refractivity contribution in [2.75, 3.05) is 0 Å². The van der Waals surface area contributed by atoms with Gasteiger partial charge in [0, 0.05) is 36.8 Å². The van der Waals surface area contributed by atoms with Crippen molar-refractivity contribution >= 4 is 5.71 Å². The zero-order chi connectivity index (χ0) is 29.9. The van der Waals surface area contributed by atoms with Crippen molar-refractivity contribution in [2.24, 2.45) is 23.7 Å². The van der Waals surface area contributed by atoms with Gasteiger partial charge in [0.05, 0.1) is 42.1 Å². The first kappa shape index (κ1) is 29.4. The summed E-state index contributed by atoms with van der Waals surface area (Å²) in [5, 5.41) is 12.4. The van der Waals surface area contributed by atoms with Crippen LogP contribution in [0, 0.1) is 5.92 Å². The average molecular weight is 562 g/mol. The number of aliphatic imine (C=N–C) groups is 1. The lowest BCUT2D eigenvalue weighted by atomic mass is 9.75. The molecule has 3 aromatic heterocycles. The number of aromatic nitrogens is 6. The van der Waals surface area contributed by atoms with Crippen LogP contribution in [0.2, 0.25) is 0 Å². The molecule has 4 heterocycles. The molecule has 3 atom stereocenters. The number of nitrogens with zero attached hydrogens (tertiary/aromatic N) is 6. The lowest BCUT2D eigenvalue weighted by Crippen LogP contribution is -2.56. The summed E-state index contributed by atoms with van der Waals surface area (Å²) in [4.78, 5) is 24.6. The number of halogens is 1. The van der Waals surface area contributed by atoms with E-state index in [0.29, 0.717) is 35.6 Å². The Labute approximate surface area is 237 Å². The number of hydrogen-bond donors (Lipinski definition) is 3. The van der Waals surface area contributed by atoms with E-state index < -0.39 is 23.2 Å². The van der Waals surface area contributed by atoms with Crippen LogP contribution in [0.15, 0.2) is 94.1 Å².